The summed E-state index contributed by atoms with van der Waals surface area (Å²) < 4.78 is 41.9. The van der Waals surface area contributed by atoms with Gasteiger partial charge in [0.2, 0.25) is 11.1 Å². The molecule has 3 rings (SSSR count). The first-order valence-corrected chi connectivity index (χ1v) is 8.54. The van der Waals surface area contributed by atoms with E-state index in [1.54, 1.807) is 21.7 Å². The van der Waals surface area contributed by atoms with Gasteiger partial charge in [-0.1, -0.05) is 23.4 Å². The van der Waals surface area contributed by atoms with E-state index in [1.807, 2.05) is 12.1 Å². The van der Waals surface area contributed by atoms with Gasteiger partial charge in [0.1, 0.15) is 6.33 Å². The van der Waals surface area contributed by atoms with Gasteiger partial charge in [0.15, 0.2) is 0 Å². The minimum absolute atomic E-state index is 0.0131. The first-order chi connectivity index (χ1) is 12.3. The van der Waals surface area contributed by atoms with Crippen molar-refractivity contribution in [2.24, 2.45) is 0 Å². The number of nitrogens with zero attached hydrogens (tertiary/aromatic N) is 4. The SMILES string of the molecule is O=C(CSc1nncn1-n1cccc1)Nc1ccc(Cl)c(C(F)(F)F)c1. The van der Waals surface area contributed by atoms with E-state index in [0.717, 1.165) is 23.9 Å². The van der Waals surface area contributed by atoms with E-state index in [-0.39, 0.29) is 11.4 Å². The van der Waals surface area contributed by atoms with Crippen molar-refractivity contribution in [3.05, 3.63) is 59.6 Å². The molecule has 0 spiro atoms. The minimum Gasteiger partial charge on any atom is -0.325 e. The Morgan fingerprint density at radius 1 is 1.27 bits per heavy atom. The van der Waals surface area contributed by atoms with Crippen LogP contribution in [0.25, 0.3) is 0 Å². The molecule has 2 heterocycles. The molecule has 136 valence electrons. The van der Waals surface area contributed by atoms with Crippen LogP contribution in [0.5, 0.6) is 0 Å². The summed E-state index contributed by atoms with van der Waals surface area (Å²) >= 11 is 6.66. The first kappa shape index (κ1) is 18.3. The Morgan fingerprint density at radius 2 is 2.00 bits per heavy atom. The number of carbonyl (C=O) groups is 1. The van der Waals surface area contributed by atoms with E-state index in [2.05, 4.69) is 15.5 Å². The van der Waals surface area contributed by atoms with E-state index in [1.165, 1.54) is 12.4 Å². The van der Waals surface area contributed by atoms with Gasteiger partial charge in [-0.3, -0.25) is 9.47 Å². The third-order valence-corrected chi connectivity index (χ3v) is 4.49. The summed E-state index contributed by atoms with van der Waals surface area (Å²) in [5, 5.41) is 10.2. The predicted molar refractivity (Wildman–Crippen MR) is 91.1 cm³/mol. The molecule has 11 heteroatoms. The molecule has 0 radical (unpaired) electrons. The van der Waals surface area contributed by atoms with Crippen LogP contribution in [-0.2, 0) is 11.0 Å². The Bertz CT molecular complexity index is 910. The largest absolute Gasteiger partial charge is 0.417 e. The number of anilines is 1. The van der Waals surface area contributed by atoms with Crippen LogP contribution >= 0.6 is 23.4 Å². The molecule has 0 bridgehead atoms. The molecule has 3 aromatic rings. The molecule has 0 saturated heterocycles. The molecule has 0 aliphatic heterocycles. The molecule has 2 aromatic heterocycles. The molecule has 0 unspecified atom stereocenters. The summed E-state index contributed by atoms with van der Waals surface area (Å²) in [4.78, 5) is 12.0. The van der Waals surface area contributed by atoms with Crippen molar-refractivity contribution in [2.45, 2.75) is 11.3 Å². The Hall–Kier alpha value is -2.46. The van der Waals surface area contributed by atoms with Crippen LogP contribution in [0.3, 0.4) is 0 Å². The number of nitrogens with one attached hydrogen (secondary N) is 1. The van der Waals surface area contributed by atoms with Crippen LogP contribution in [0, 0.1) is 0 Å². The second kappa shape index (κ2) is 7.42. The molecule has 0 aliphatic rings. The zero-order chi connectivity index (χ0) is 18.7. The zero-order valence-electron chi connectivity index (χ0n) is 12.9. The summed E-state index contributed by atoms with van der Waals surface area (Å²) in [6, 6.07) is 6.84. The fourth-order valence-corrected chi connectivity index (χ4v) is 3.02. The maximum Gasteiger partial charge on any atom is 0.417 e. The molecule has 1 aromatic carbocycles. The van der Waals surface area contributed by atoms with Gasteiger partial charge in [0, 0.05) is 18.1 Å². The highest BCUT2D eigenvalue weighted by atomic mass is 35.5. The lowest BCUT2D eigenvalue weighted by atomic mass is 10.2. The molecular formula is C15H11ClF3N5OS. The van der Waals surface area contributed by atoms with Gasteiger partial charge in [-0.2, -0.15) is 13.2 Å². The molecule has 0 atom stereocenters. The van der Waals surface area contributed by atoms with Crippen LogP contribution in [-0.4, -0.2) is 31.2 Å². The number of carbonyl (C=O) groups excluding carboxylic acids is 1. The third kappa shape index (κ3) is 4.20. The highest BCUT2D eigenvalue weighted by Gasteiger charge is 2.33. The van der Waals surface area contributed by atoms with Crippen molar-refractivity contribution in [3.8, 4) is 0 Å². The second-order valence-corrected chi connectivity index (χ2v) is 6.40. The number of amides is 1. The molecule has 0 saturated carbocycles. The Morgan fingerprint density at radius 3 is 2.69 bits per heavy atom. The smallest absolute Gasteiger partial charge is 0.325 e. The van der Waals surface area contributed by atoms with Crippen molar-refractivity contribution in [3.63, 3.8) is 0 Å². The van der Waals surface area contributed by atoms with Crippen molar-refractivity contribution in [2.75, 3.05) is 11.1 Å². The average Bonchev–Trinajstić information content (AvgIpc) is 3.24. The van der Waals surface area contributed by atoms with Crippen LogP contribution in [0.1, 0.15) is 5.56 Å². The highest BCUT2D eigenvalue weighted by Crippen LogP contribution is 2.36. The Labute approximate surface area is 154 Å². The number of hydrogen-bond donors (Lipinski definition) is 1. The molecule has 1 amide bonds. The molecule has 0 aliphatic carbocycles. The summed E-state index contributed by atoms with van der Waals surface area (Å²) in [5.41, 5.74) is -0.990. The van der Waals surface area contributed by atoms with Crippen LogP contribution in [0.15, 0.2) is 54.2 Å². The van der Waals surface area contributed by atoms with Gasteiger partial charge < -0.3 is 5.32 Å². The van der Waals surface area contributed by atoms with Gasteiger partial charge in [0.25, 0.3) is 0 Å². The van der Waals surface area contributed by atoms with Crippen LogP contribution in [0.4, 0.5) is 18.9 Å². The molecule has 1 N–H and O–H groups in total. The topological polar surface area (TPSA) is 64.7 Å². The minimum atomic E-state index is -4.60. The zero-order valence-corrected chi connectivity index (χ0v) is 14.5. The van der Waals surface area contributed by atoms with Crippen molar-refractivity contribution in [1.29, 1.82) is 0 Å². The van der Waals surface area contributed by atoms with E-state index in [4.69, 9.17) is 11.6 Å². The van der Waals surface area contributed by atoms with E-state index in [9.17, 15) is 18.0 Å². The number of halogens is 4. The highest BCUT2D eigenvalue weighted by molar-refractivity contribution is 7.99. The predicted octanol–water partition coefficient (Wildman–Crippen LogP) is 3.79. The van der Waals surface area contributed by atoms with Gasteiger partial charge in [-0.15, -0.1) is 10.2 Å². The van der Waals surface area contributed by atoms with E-state index in [0.29, 0.717) is 5.16 Å². The van der Waals surface area contributed by atoms with Gasteiger partial charge in [-0.25, -0.2) is 4.68 Å². The monoisotopic (exact) mass is 401 g/mol. The Kier molecular flexibility index (Phi) is 5.23. The number of rotatable bonds is 5. The number of aromatic nitrogens is 4. The van der Waals surface area contributed by atoms with E-state index >= 15 is 0 Å². The van der Waals surface area contributed by atoms with Gasteiger partial charge in [-0.05, 0) is 30.3 Å². The normalized spacial score (nSPS) is 11.5. The van der Waals surface area contributed by atoms with E-state index < -0.39 is 22.7 Å². The fourth-order valence-electron chi connectivity index (χ4n) is 2.09. The van der Waals surface area contributed by atoms with Crippen molar-refractivity contribution >= 4 is 35.0 Å². The average molecular weight is 402 g/mol. The number of thioether (sulfide) groups is 1. The standard InChI is InChI=1S/C15H11ClF3N5OS/c16-12-4-3-10(7-11(12)15(17,18)19)21-13(25)8-26-14-22-20-9-24(14)23-5-1-2-6-23/h1-7,9H,8H2,(H,21,25). The first-order valence-electron chi connectivity index (χ1n) is 7.17. The summed E-state index contributed by atoms with van der Waals surface area (Å²) in [6.07, 6.45) is 0.439. The van der Waals surface area contributed by atoms with Crippen molar-refractivity contribution < 1.29 is 18.0 Å². The van der Waals surface area contributed by atoms with Crippen LogP contribution < -0.4 is 5.32 Å². The summed E-state index contributed by atoms with van der Waals surface area (Å²) in [7, 11) is 0. The second-order valence-electron chi connectivity index (χ2n) is 5.05. The number of hydrogen-bond acceptors (Lipinski definition) is 4. The lowest BCUT2D eigenvalue weighted by molar-refractivity contribution is -0.137. The lowest BCUT2D eigenvalue weighted by Gasteiger charge is -2.12. The lowest BCUT2D eigenvalue weighted by Crippen LogP contribution is -2.16. The summed E-state index contributed by atoms with van der Waals surface area (Å²) in [6.45, 7) is 0. The number of alkyl halides is 3. The molecule has 0 fully saturated rings. The summed E-state index contributed by atoms with van der Waals surface area (Å²) in [5.74, 6) is -0.531. The fraction of sp³-hybridized carbons (Fsp3) is 0.133. The molecule has 26 heavy (non-hydrogen) atoms. The molecule has 6 nitrogen and oxygen atoms in total. The third-order valence-electron chi connectivity index (χ3n) is 3.23. The maximum atomic E-state index is 12.9. The quantitative estimate of drug-likeness (QED) is 0.660. The van der Waals surface area contributed by atoms with Gasteiger partial charge in [0.05, 0.1) is 16.3 Å². The molecular weight excluding hydrogens is 391 g/mol. The Balaban J connectivity index is 1.65. The van der Waals surface area contributed by atoms with Crippen LogP contribution in [0.2, 0.25) is 5.02 Å². The number of benzene rings is 1. The van der Waals surface area contributed by atoms with Gasteiger partial charge >= 0.3 is 6.18 Å². The maximum absolute atomic E-state index is 12.9. The van der Waals surface area contributed by atoms with Crippen molar-refractivity contribution in [1.82, 2.24) is 19.5 Å².